The molecule has 2 aromatic rings. The molecule has 0 saturated carbocycles. The SMILES string of the molecule is CNc1ccccc1Sc1ccccc1NC. The third kappa shape index (κ3) is 2.74. The first kappa shape index (κ1) is 11.9. The molecule has 0 spiro atoms. The lowest BCUT2D eigenvalue weighted by molar-refractivity contribution is 1.34. The van der Waals surface area contributed by atoms with Crippen LogP contribution >= 0.6 is 11.8 Å². The molecule has 0 aliphatic carbocycles. The molecule has 0 unspecified atom stereocenters. The minimum absolute atomic E-state index is 1.16. The van der Waals surface area contributed by atoms with E-state index in [9.17, 15) is 0 Å². The van der Waals surface area contributed by atoms with Gasteiger partial charge in [0.15, 0.2) is 0 Å². The van der Waals surface area contributed by atoms with Crippen LogP contribution in [0.1, 0.15) is 0 Å². The maximum Gasteiger partial charge on any atom is 0.0479 e. The zero-order valence-corrected chi connectivity index (χ0v) is 10.8. The maximum atomic E-state index is 3.21. The normalized spacial score (nSPS) is 10.0. The Hall–Kier alpha value is -1.61. The van der Waals surface area contributed by atoms with E-state index in [1.165, 1.54) is 9.79 Å². The van der Waals surface area contributed by atoms with Crippen LogP contribution in [0.4, 0.5) is 11.4 Å². The van der Waals surface area contributed by atoms with Crippen LogP contribution in [0.5, 0.6) is 0 Å². The molecular weight excluding hydrogens is 228 g/mol. The van der Waals surface area contributed by atoms with Gasteiger partial charge in [0, 0.05) is 35.3 Å². The van der Waals surface area contributed by atoms with Gasteiger partial charge in [0.1, 0.15) is 0 Å². The Balaban J connectivity index is 2.31. The van der Waals surface area contributed by atoms with Gasteiger partial charge in [-0.25, -0.2) is 0 Å². The van der Waals surface area contributed by atoms with Gasteiger partial charge in [0.2, 0.25) is 0 Å². The molecule has 0 aliphatic heterocycles. The van der Waals surface area contributed by atoms with Crippen LogP contribution in [0.2, 0.25) is 0 Å². The quantitative estimate of drug-likeness (QED) is 0.852. The average Bonchev–Trinajstić information content (AvgIpc) is 2.40. The summed E-state index contributed by atoms with van der Waals surface area (Å²) in [5.41, 5.74) is 2.31. The van der Waals surface area contributed by atoms with Crippen LogP contribution in [0.15, 0.2) is 58.3 Å². The third-order valence-corrected chi connectivity index (χ3v) is 3.68. The van der Waals surface area contributed by atoms with Crippen molar-refractivity contribution in [1.82, 2.24) is 0 Å². The van der Waals surface area contributed by atoms with E-state index < -0.39 is 0 Å². The van der Waals surface area contributed by atoms with Crippen LogP contribution in [0.25, 0.3) is 0 Å². The van der Waals surface area contributed by atoms with Gasteiger partial charge < -0.3 is 10.6 Å². The number of hydrogen-bond acceptors (Lipinski definition) is 3. The molecule has 0 aliphatic rings. The summed E-state index contributed by atoms with van der Waals surface area (Å²) in [4.78, 5) is 2.47. The molecule has 0 saturated heterocycles. The number of anilines is 2. The number of para-hydroxylation sites is 2. The van der Waals surface area contributed by atoms with Crippen LogP contribution < -0.4 is 10.6 Å². The minimum atomic E-state index is 1.16. The molecule has 0 heterocycles. The summed E-state index contributed by atoms with van der Waals surface area (Å²) in [6.07, 6.45) is 0. The zero-order chi connectivity index (χ0) is 12.1. The number of hydrogen-bond donors (Lipinski definition) is 2. The summed E-state index contributed by atoms with van der Waals surface area (Å²) in [6, 6.07) is 16.6. The van der Waals surface area contributed by atoms with Crippen LogP contribution in [0.3, 0.4) is 0 Å². The van der Waals surface area contributed by atoms with Gasteiger partial charge in [0.05, 0.1) is 0 Å². The monoisotopic (exact) mass is 244 g/mol. The van der Waals surface area contributed by atoms with Gasteiger partial charge in [-0.2, -0.15) is 0 Å². The molecule has 3 heteroatoms. The average molecular weight is 244 g/mol. The molecular formula is C14H16N2S. The van der Waals surface area contributed by atoms with E-state index in [4.69, 9.17) is 0 Å². The Bertz CT molecular complexity index is 452. The van der Waals surface area contributed by atoms with Crippen molar-refractivity contribution >= 4 is 23.1 Å². The van der Waals surface area contributed by atoms with Gasteiger partial charge in [-0.15, -0.1) is 0 Å². The van der Waals surface area contributed by atoms with Crippen LogP contribution in [0, 0.1) is 0 Å². The molecule has 0 bridgehead atoms. The highest BCUT2D eigenvalue weighted by atomic mass is 32.2. The third-order valence-electron chi connectivity index (χ3n) is 2.53. The number of nitrogens with one attached hydrogen (secondary N) is 2. The lowest BCUT2D eigenvalue weighted by Crippen LogP contribution is -1.92. The fourth-order valence-electron chi connectivity index (χ4n) is 1.64. The number of rotatable bonds is 4. The van der Waals surface area contributed by atoms with E-state index in [-0.39, 0.29) is 0 Å². The Morgan fingerprint density at radius 3 is 1.53 bits per heavy atom. The van der Waals surface area contributed by atoms with E-state index in [0.717, 1.165) is 11.4 Å². The van der Waals surface area contributed by atoms with Gasteiger partial charge in [-0.05, 0) is 24.3 Å². The van der Waals surface area contributed by atoms with Crippen molar-refractivity contribution in [3.8, 4) is 0 Å². The Morgan fingerprint density at radius 1 is 0.706 bits per heavy atom. The molecule has 2 N–H and O–H groups in total. The minimum Gasteiger partial charge on any atom is -0.387 e. The molecule has 2 rings (SSSR count). The van der Waals surface area contributed by atoms with Crippen LogP contribution in [-0.4, -0.2) is 14.1 Å². The van der Waals surface area contributed by atoms with E-state index in [1.54, 1.807) is 11.8 Å². The molecule has 2 aromatic carbocycles. The van der Waals surface area contributed by atoms with Gasteiger partial charge in [-0.1, -0.05) is 36.0 Å². The second-order valence-corrected chi connectivity index (χ2v) is 4.68. The molecule has 17 heavy (non-hydrogen) atoms. The highest BCUT2D eigenvalue weighted by molar-refractivity contribution is 7.99. The summed E-state index contributed by atoms with van der Waals surface area (Å²) in [5, 5.41) is 6.42. The van der Waals surface area contributed by atoms with Gasteiger partial charge >= 0.3 is 0 Å². The molecule has 0 amide bonds. The van der Waals surface area contributed by atoms with Crippen molar-refractivity contribution in [1.29, 1.82) is 0 Å². The van der Waals surface area contributed by atoms with Gasteiger partial charge in [0.25, 0.3) is 0 Å². The summed E-state index contributed by atoms with van der Waals surface area (Å²) >= 11 is 1.76. The first-order valence-corrected chi connectivity index (χ1v) is 6.38. The molecule has 2 nitrogen and oxygen atoms in total. The van der Waals surface area contributed by atoms with E-state index in [0.29, 0.717) is 0 Å². The standard InChI is InChI=1S/C14H16N2S/c1-15-11-7-3-5-9-13(11)17-14-10-6-4-8-12(14)16-2/h3-10,15-16H,1-2H3. The fraction of sp³-hybridized carbons (Fsp3) is 0.143. The highest BCUT2D eigenvalue weighted by Gasteiger charge is 2.05. The number of benzene rings is 2. The Labute approximate surface area is 106 Å². The topological polar surface area (TPSA) is 24.1 Å². The summed E-state index contributed by atoms with van der Waals surface area (Å²) in [7, 11) is 3.90. The van der Waals surface area contributed by atoms with Crippen molar-refractivity contribution in [2.45, 2.75) is 9.79 Å². The highest BCUT2D eigenvalue weighted by Crippen LogP contribution is 2.36. The van der Waals surface area contributed by atoms with Crippen molar-refractivity contribution in [2.75, 3.05) is 24.7 Å². The first-order chi connectivity index (χ1) is 8.35. The predicted octanol–water partition coefficient (Wildman–Crippen LogP) is 3.92. The van der Waals surface area contributed by atoms with Crippen molar-refractivity contribution in [2.24, 2.45) is 0 Å². The Morgan fingerprint density at radius 2 is 1.12 bits per heavy atom. The van der Waals surface area contributed by atoms with Crippen LogP contribution in [-0.2, 0) is 0 Å². The lowest BCUT2D eigenvalue weighted by Gasteiger charge is -2.11. The smallest absolute Gasteiger partial charge is 0.0479 e. The Kier molecular flexibility index (Phi) is 3.94. The molecule has 0 atom stereocenters. The first-order valence-electron chi connectivity index (χ1n) is 5.56. The van der Waals surface area contributed by atoms with E-state index >= 15 is 0 Å². The second kappa shape index (κ2) is 5.64. The fourth-order valence-corrected chi connectivity index (χ4v) is 2.73. The molecule has 0 radical (unpaired) electrons. The molecule has 88 valence electrons. The maximum absolute atomic E-state index is 3.21. The van der Waals surface area contributed by atoms with Crippen molar-refractivity contribution < 1.29 is 0 Å². The molecule has 0 fully saturated rings. The predicted molar refractivity (Wildman–Crippen MR) is 76.1 cm³/mol. The second-order valence-electron chi connectivity index (χ2n) is 3.59. The largest absolute Gasteiger partial charge is 0.387 e. The molecule has 0 aromatic heterocycles. The van der Waals surface area contributed by atoms with Gasteiger partial charge in [-0.3, -0.25) is 0 Å². The summed E-state index contributed by atoms with van der Waals surface area (Å²) in [6.45, 7) is 0. The van der Waals surface area contributed by atoms with E-state index in [2.05, 4.69) is 47.0 Å². The summed E-state index contributed by atoms with van der Waals surface area (Å²) < 4.78 is 0. The van der Waals surface area contributed by atoms with Crippen molar-refractivity contribution in [3.05, 3.63) is 48.5 Å². The zero-order valence-electron chi connectivity index (χ0n) is 10.0. The lowest BCUT2D eigenvalue weighted by atomic mass is 10.3. The van der Waals surface area contributed by atoms with E-state index in [1.807, 2.05) is 26.2 Å². The van der Waals surface area contributed by atoms with Crippen molar-refractivity contribution in [3.63, 3.8) is 0 Å². The summed E-state index contributed by atoms with van der Waals surface area (Å²) in [5.74, 6) is 0.